The number of esters is 1. The highest BCUT2D eigenvalue weighted by Crippen LogP contribution is 2.30. The van der Waals surface area contributed by atoms with Crippen LogP contribution in [0.2, 0.25) is 0 Å². The van der Waals surface area contributed by atoms with Crippen molar-refractivity contribution in [2.45, 2.75) is 26.3 Å². The predicted molar refractivity (Wildman–Crippen MR) is 114 cm³/mol. The van der Waals surface area contributed by atoms with Crippen LogP contribution in [-0.2, 0) is 4.74 Å². The fraction of sp³-hybridized carbons (Fsp3) is 0.333. The Morgan fingerprint density at radius 1 is 1.07 bits per heavy atom. The first-order valence-corrected chi connectivity index (χ1v) is 9.49. The first-order chi connectivity index (χ1) is 13.5. The van der Waals surface area contributed by atoms with Crippen LogP contribution in [0.1, 0.15) is 42.2 Å². The quantitative estimate of drug-likeness (QED) is 0.503. The summed E-state index contributed by atoms with van der Waals surface area (Å²) < 4.78 is 15.7. The number of hydrogen-bond acceptors (Lipinski definition) is 5. The van der Waals surface area contributed by atoms with Gasteiger partial charge in [0, 0.05) is 5.69 Å². The SMILES string of the molecule is CCOC(=O)c1cccc(NC(=S)N[C@H](CC)c2ccc(OC)c(OC)c2)c1. The molecule has 7 heteroatoms. The second-order valence-electron chi connectivity index (χ2n) is 5.97. The van der Waals surface area contributed by atoms with Gasteiger partial charge in [0.2, 0.25) is 0 Å². The van der Waals surface area contributed by atoms with Gasteiger partial charge in [-0.2, -0.15) is 0 Å². The molecule has 1 atom stereocenters. The minimum Gasteiger partial charge on any atom is -0.493 e. The van der Waals surface area contributed by atoms with E-state index in [9.17, 15) is 4.79 Å². The second kappa shape index (κ2) is 10.5. The molecule has 0 aliphatic heterocycles. The van der Waals surface area contributed by atoms with Crippen LogP contribution in [0.25, 0.3) is 0 Å². The molecule has 28 heavy (non-hydrogen) atoms. The Hall–Kier alpha value is -2.80. The number of ether oxygens (including phenoxy) is 3. The number of carbonyl (C=O) groups excluding carboxylic acids is 1. The van der Waals surface area contributed by atoms with E-state index in [-0.39, 0.29) is 12.0 Å². The van der Waals surface area contributed by atoms with E-state index in [0.717, 1.165) is 12.0 Å². The van der Waals surface area contributed by atoms with Gasteiger partial charge in [-0.1, -0.05) is 19.1 Å². The number of carbonyl (C=O) groups is 1. The Kier molecular flexibility index (Phi) is 8.07. The lowest BCUT2D eigenvalue weighted by Crippen LogP contribution is -2.32. The van der Waals surface area contributed by atoms with Crippen molar-refractivity contribution >= 4 is 29.0 Å². The summed E-state index contributed by atoms with van der Waals surface area (Å²) in [6.07, 6.45) is 0.820. The maximum atomic E-state index is 11.9. The molecule has 0 spiro atoms. The van der Waals surface area contributed by atoms with Crippen molar-refractivity contribution in [3.63, 3.8) is 0 Å². The zero-order chi connectivity index (χ0) is 20.5. The van der Waals surface area contributed by atoms with Gasteiger partial charge in [0.05, 0.1) is 32.4 Å². The van der Waals surface area contributed by atoms with E-state index in [1.165, 1.54) is 0 Å². The van der Waals surface area contributed by atoms with E-state index in [2.05, 4.69) is 17.6 Å². The molecule has 0 heterocycles. The number of nitrogens with one attached hydrogen (secondary N) is 2. The van der Waals surface area contributed by atoms with Gasteiger partial charge in [0.25, 0.3) is 0 Å². The van der Waals surface area contributed by atoms with Gasteiger partial charge in [-0.3, -0.25) is 0 Å². The van der Waals surface area contributed by atoms with Crippen LogP contribution in [0.5, 0.6) is 11.5 Å². The van der Waals surface area contributed by atoms with Gasteiger partial charge in [0.1, 0.15) is 0 Å². The molecule has 2 rings (SSSR count). The molecular weight excluding hydrogens is 376 g/mol. The molecule has 2 N–H and O–H groups in total. The van der Waals surface area contributed by atoms with Gasteiger partial charge in [0.15, 0.2) is 16.6 Å². The number of methoxy groups -OCH3 is 2. The number of anilines is 1. The Labute approximate surface area is 171 Å². The van der Waals surface area contributed by atoms with Crippen molar-refractivity contribution in [2.75, 3.05) is 26.1 Å². The van der Waals surface area contributed by atoms with Crippen molar-refractivity contribution in [3.8, 4) is 11.5 Å². The van der Waals surface area contributed by atoms with Gasteiger partial charge in [-0.05, 0) is 61.5 Å². The largest absolute Gasteiger partial charge is 0.493 e. The maximum Gasteiger partial charge on any atom is 0.338 e. The van der Waals surface area contributed by atoms with Gasteiger partial charge < -0.3 is 24.8 Å². The zero-order valence-electron chi connectivity index (χ0n) is 16.6. The summed E-state index contributed by atoms with van der Waals surface area (Å²) in [6.45, 7) is 4.18. The standard InChI is InChI=1S/C21H26N2O4S/c1-5-17(14-10-11-18(25-3)19(13-14)26-4)23-21(28)22-16-9-7-8-15(12-16)20(24)27-6-2/h7-13,17H,5-6H2,1-4H3,(H2,22,23,28)/t17-/m1/s1. The lowest BCUT2D eigenvalue weighted by Gasteiger charge is -2.21. The van der Waals surface area contributed by atoms with Crippen LogP contribution in [-0.4, -0.2) is 31.9 Å². The van der Waals surface area contributed by atoms with E-state index < -0.39 is 0 Å². The van der Waals surface area contributed by atoms with Gasteiger partial charge in [-0.15, -0.1) is 0 Å². The van der Waals surface area contributed by atoms with Gasteiger partial charge in [-0.25, -0.2) is 4.79 Å². The van der Waals surface area contributed by atoms with Crippen LogP contribution in [0, 0.1) is 0 Å². The fourth-order valence-electron chi connectivity index (χ4n) is 2.75. The molecule has 2 aromatic rings. The number of hydrogen-bond donors (Lipinski definition) is 2. The number of rotatable bonds is 8. The first-order valence-electron chi connectivity index (χ1n) is 9.09. The van der Waals surface area contributed by atoms with Crippen molar-refractivity contribution in [1.82, 2.24) is 5.32 Å². The van der Waals surface area contributed by atoms with Crippen LogP contribution in [0.3, 0.4) is 0 Å². The Bertz CT molecular complexity index is 826. The van der Waals surface area contributed by atoms with Crippen LogP contribution >= 0.6 is 12.2 Å². The molecule has 0 aromatic heterocycles. The number of benzene rings is 2. The third kappa shape index (κ3) is 5.60. The third-order valence-corrected chi connectivity index (χ3v) is 4.38. The fourth-order valence-corrected chi connectivity index (χ4v) is 3.01. The molecule has 0 aliphatic rings. The van der Waals surface area contributed by atoms with E-state index in [0.29, 0.717) is 34.5 Å². The first kappa shape index (κ1) is 21.5. The summed E-state index contributed by atoms with van der Waals surface area (Å²) in [5.41, 5.74) is 2.22. The zero-order valence-corrected chi connectivity index (χ0v) is 17.4. The van der Waals surface area contributed by atoms with Crippen LogP contribution in [0.4, 0.5) is 5.69 Å². The molecule has 0 bridgehead atoms. The van der Waals surface area contributed by atoms with Crippen molar-refractivity contribution in [1.29, 1.82) is 0 Å². The second-order valence-corrected chi connectivity index (χ2v) is 6.38. The normalized spacial score (nSPS) is 11.3. The lowest BCUT2D eigenvalue weighted by molar-refractivity contribution is 0.0526. The summed E-state index contributed by atoms with van der Waals surface area (Å²) in [5, 5.41) is 6.88. The number of thiocarbonyl (C=S) groups is 1. The predicted octanol–water partition coefficient (Wildman–Crippen LogP) is 4.32. The molecular formula is C21H26N2O4S. The summed E-state index contributed by atoms with van der Waals surface area (Å²) in [4.78, 5) is 11.9. The highest BCUT2D eigenvalue weighted by atomic mass is 32.1. The highest BCUT2D eigenvalue weighted by Gasteiger charge is 2.14. The summed E-state index contributed by atoms with van der Waals surface area (Å²) >= 11 is 5.45. The molecule has 0 amide bonds. The van der Waals surface area contributed by atoms with Crippen LogP contribution < -0.4 is 20.1 Å². The molecule has 0 unspecified atom stereocenters. The minimum absolute atomic E-state index is 0.00644. The molecule has 2 aromatic carbocycles. The molecule has 0 saturated heterocycles. The average Bonchev–Trinajstić information content (AvgIpc) is 2.71. The summed E-state index contributed by atoms with van der Waals surface area (Å²) in [7, 11) is 3.22. The van der Waals surface area contributed by atoms with E-state index in [1.54, 1.807) is 39.3 Å². The monoisotopic (exact) mass is 402 g/mol. The average molecular weight is 403 g/mol. The smallest absolute Gasteiger partial charge is 0.338 e. The van der Waals surface area contributed by atoms with Crippen molar-refractivity contribution in [3.05, 3.63) is 53.6 Å². The Balaban J connectivity index is 2.09. The molecule has 0 saturated carbocycles. The van der Waals surface area contributed by atoms with E-state index in [4.69, 9.17) is 26.4 Å². The third-order valence-electron chi connectivity index (χ3n) is 4.16. The lowest BCUT2D eigenvalue weighted by atomic mass is 10.0. The summed E-state index contributed by atoms with van der Waals surface area (Å²) in [5.74, 6) is 0.987. The molecule has 0 radical (unpaired) electrons. The molecule has 0 aliphatic carbocycles. The molecule has 6 nitrogen and oxygen atoms in total. The minimum atomic E-state index is -0.359. The van der Waals surface area contributed by atoms with Crippen LogP contribution in [0.15, 0.2) is 42.5 Å². The Morgan fingerprint density at radius 2 is 1.82 bits per heavy atom. The van der Waals surface area contributed by atoms with Crippen molar-refractivity contribution < 1.29 is 19.0 Å². The summed E-state index contributed by atoms with van der Waals surface area (Å²) in [6, 6.07) is 12.8. The van der Waals surface area contributed by atoms with E-state index in [1.807, 2.05) is 24.3 Å². The van der Waals surface area contributed by atoms with E-state index >= 15 is 0 Å². The highest BCUT2D eigenvalue weighted by molar-refractivity contribution is 7.80. The van der Waals surface area contributed by atoms with Crippen molar-refractivity contribution in [2.24, 2.45) is 0 Å². The topological polar surface area (TPSA) is 68.8 Å². The van der Waals surface area contributed by atoms with Gasteiger partial charge >= 0.3 is 5.97 Å². The molecule has 0 fully saturated rings. The maximum absolute atomic E-state index is 11.9. The Morgan fingerprint density at radius 3 is 2.46 bits per heavy atom. The molecule has 150 valence electrons.